The molecule has 2 rings (SSSR count). The van der Waals surface area contributed by atoms with Gasteiger partial charge in [0, 0.05) is 19.6 Å². The Morgan fingerprint density at radius 1 is 1.22 bits per heavy atom. The summed E-state index contributed by atoms with van der Waals surface area (Å²) in [5.74, 6) is 1.39. The lowest BCUT2D eigenvalue weighted by atomic mass is 10.2. The van der Waals surface area contributed by atoms with Crippen molar-refractivity contribution in [1.82, 2.24) is 9.80 Å². The zero-order valence-corrected chi connectivity index (χ0v) is 17.2. The maximum Gasteiger partial charge on any atom is 0.161 e. The molecule has 1 aromatic rings. The molecule has 1 heterocycles. The standard InChI is InChI=1S/C22H36N2O3/c1-18(2)14-23(3)15-19-9-10-21(22(13-19)26-4)27-17-20(25)16-24-11-7-5-6-8-12-24/h9-10,13,20,25H,1,5-8,11-12,14-17H2,2-4H3/t20-/m1/s1. The summed E-state index contributed by atoms with van der Waals surface area (Å²) in [7, 11) is 3.72. The van der Waals surface area contributed by atoms with Gasteiger partial charge in [0.05, 0.1) is 7.11 Å². The molecule has 1 saturated heterocycles. The van der Waals surface area contributed by atoms with Crippen LogP contribution >= 0.6 is 0 Å². The molecule has 0 aliphatic carbocycles. The van der Waals surface area contributed by atoms with Crippen molar-refractivity contribution >= 4 is 0 Å². The maximum absolute atomic E-state index is 10.4. The molecule has 5 nitrogen and oxygen atoms in total. The highest BCUT2D eigenvalue weighted by Gasteiger charge is 2.15. The van der Waals surface area contributed by atoms with Gasteiger partial charge < -0.3 is 19.5 Å². The van der Waals surface area contributed by atoms with Crippen LogP contribution < -0.4 is 9.47 Å². The van der Waals surface area contributed by atoms with Gasteiger partial charge in [-0.1, -0.05) is 31.1 Å². The first-order valence-corrected chi connectivity index (χ1v) is 10.0. The number of rotatable bonds is 10. The normalized spacial score (nSPS) is 16.8. The monoisotopic (exact) mass is 376 g/mol. The Hall–Kier alpha value is -1.56. The molecule has 27 heavy (non-hydrogen) atoms. The summed E-state index contributed by atoms with van der Waals surface area (Å²) in [4.78, 5) is 4.56. The van der Waals surface area contributed by atoms with Crippen molar-refractivity contribution in [2.75, 3.05) is 46.9 Å². The number of β-amino-alcohol motifs (C(OH)–C–C–N with tert-alkyl or cyclic N) is 1. The van der Waals surface area contributed by atoms with Crippen LogP contribution in [0.2, 0.25) is 0 Å². The summed E-state index contributed by atoms with van der Waals surface area (Å²) >= 11 is 0. The van der Waals surface area contributed by atoms with Gasteiger partial charge in [-0.3, -0.25) is 4.90 Å². The molecule has 0 bridgehead atoms. The smallest absolute Gasteiger partial charge is 0.161 e. The average Bonchev–Trinajstić information content (AvgIpc) is 2.88. The van der Waals surface area contributed by atoms with Crippen molar-refractivity contribution in [3.63, 3.8) is 0 Å². The van der Waals surface area contributed by atoms with Crippen molar-refractivity contribution in [1.29, 1.82) is 0 Å². The van der Waals surface area contributed by atoms with E-state index < -0.39 is 6.10 Å². The number of hydrogen-bond donors (Lipinski definition) is 1. The second kappa shape index (κ2) is 11.3. The van der Waals surface area contributed by atoms with Crippen LogP contribution in [0.5, 0.6) is 11.5 Å². The number of benzene rings is 1. The molecule has 1 aromatic carbocycles. The predicted octanol–water partition coefficient (Wildman–Crippen LogP) is 3.32. The van der Waals surface area contributed by atoms with E-state index in [1.807, 2.05) is 25.1 Å². The van der Waals surface area contributed by atoms with Gasteiger partial charge in [0.25, 0.3) is 0 Å². The summed E-state index contributed by atoms with van der Waals surface area (Å²) in [5, 5.41) is 10.4. The van der Waals surface area contributed by atoms with E-state index in [0.29, 0.717) is 18.0 Å². The Morgan fingerprint density at radius 3 is 2.56 bits per heavy atom. The van der Waals surface area contributed by atoms with Crippen molar-refractivity contribution in [2.45, 2.75) is 45.3 Å². The number of likely N-dealkylation sites (N-methyl/N-ethyl adjacent to an activating group) is 1. The maximum atomic E-state index is 10.4. The van der Waals surface area contributed by atoms with Crippen LogP contribution in [0, 0.1) is 0 Å². The van der Waals surface area contributed by atoms with Gasteiger partial charge in [0.2, 0.25) is 0 Å². The van der Waals surface area contributed by atoms with Gasteiger partial charge in [-0.2, -0.15) is 0 Å². The largest absolute Gasteiger partial charge is 0.493 e. The van der Waals surface area contributed by atoms with E-state index in [-0.39, 0.29) is 6.61 Å². The first-order valence-electron chi connectivity index (χ1n) is 10.0. The van der Waals surface area contributed by atoms with E-state index in [4.69, 9.17) is 9.47 Å². The molecular formula is C22H36N2O3. The van der Waals surface area contributed by atoms with Crippen molar-refractivity contribution < 1.29 is 14.6 Å². The Morgan fingerprint density at radius 2 is 1.93 bits per heavy atom. The molecule has 0 unspecified atom stereocenters. The summed E-state index contributed by atoms with van der Waals surface area (Å²) in [6, 6.07) is 5.99. The summed E-state index contributed by atoms with van der Waals surface area (Å²) < 4.78 is 11.4. The van der Waals surface area contributed by atoms with Crippen molar-refractivity contribution in [3.05, 3.63) is 35.9 Å². The predicted molar refractivity (Wildman–Crippen MR) is 111 cm³/mol. The second-order valence-electron chi connectivity index (χ2n) is 7.79. The molecule has 0 amide bonds. The lowest BCUT2D eigenvalue weighted by molar-refractivity contribution is 0.0683. The van der Waals surface area contributed by atoms with Gasteiger partial charge in [0.15, 0.2) is 11.5 Å². The summed E-state index contributed by atoms with van der Waals surface area (Å²) in [5.41, 5.74) is 2.30. The highest BCUT2D eigenvalue weighted by atomic mass is 16.5. The number of aliphatic hydroxyl groups excluding tert-OH is 1. The topological polar surface area (TPSA) is 45.2 Å². The van der Waals surface area contributed by atoms with Crippen LogP contribution in [-0.4, -0.2) is 68.0 Å². The van der Waals surface area contributed by atoms with Crippen LogP contribution in [0.1, 0.15) is 38.2 Å². The second-order valence-corrected chi connectivity index (χ2v) is 7.79. The summed E-state index contributed by atoms with van der Waals surface area (Å²) in [6.45, 7) is 10.8. The van der Waals surface area contributed by atoms with E-state index in [0.717, 1.165) is 37.3 Å². The highest BCUT2D eigenvalue weighted by Crippen LogP contribution is 2.28. The third-order valence-corrected chi connectivity index (χ3v) is 4.82. The number of methoxy groups -OCH3 is 1. The molecule has 5 heteroatoms. The minimum atomic E-state index is -0.491. The fraction of sp³-hybridized carbons (Fsp3) is 0.636. The molecule has 0 saturated carbocycles. The van der Waals surface area contributed by atoms with E-state index in [9.17, 15) is 5.11 Å². The van der Waals surface area contributed by atoms with Gasteiger partial charge >= 0.3 is 0 Å². The number of likely N-dealkylation sites (tertiary alicyclic amines) is 1. The number of ether oxygens (including phenoxy) is 2. The molecule has 152 valence electrons. The molecule has 0 aromatic heterocycles. The van der Waals surface area contributed by atoms with Crippen LogP contribution in [0.25, 0.3) is 0 Å². The lowest BCUT2D eigenvalue weighted by Gasteiger charge is -2.23. The fourth-order valence-corrected chi connectivity index (χ4v) is 3.61. The first kappa shape index (κ1) is 21.7. The van der Waals surface area contributed by atoms with E-state index >= 15 is 0 Å². The molecule has 1 atom stereocenters. The third-order valence-electron chi connectivity index (χ3n) is 4.82. The van der Waals surface area contributed by atoms with Crippen LogP contribution in [0.3, 0.4) is 0 Å². The third kappa shape index (κ3) is 7.91. The van der Waals surface area contributed by atoms with Gasteiger partial charge in [-0.15, -0.1) is 0 Å². The Bertz CT molecular complexity index is 583. The van der Waals surface area contributed by atoms with E-state index in [1.165, 1.54) is 25.7 Å². The minimum Gasteiger partial charge on any atom is -0.493 e. The minimum absolute atomic E-state index is 0.280. The molecule has 1 N–H and O–H groups in total. The van der Waals surface area contributed by atoms with Crippen LogP contribution in [0.4, 0.5) is 0 Å². The van der Waals surface area contributed by atoms with E-state index in [1.54, 1.807) is 7.11 Å². The first-order chi connectivity index (χ1) is 13.0. The fourth-order valence-electron chi connectivity index (χ4n) is 3.61. The van der Waals surface area contributed by atoms with Gasteiger partial charge in [0.1, 0.15) is 12.7 Å². The SMILES string of the molecule is C=C(C)CN(C)Cc1ccc(OC[C@H](O)CN2CCCCCC2)c(OC)c1. The molecule has 1 aliphatic rings. The quantitative estimate of drug-likeness (QED) is 0.635. The molecule has 1 fully saturated rings. The van der Waals surface area contributed by atoms with Gasteiger partial charge in [-0.05, 0) is 57.6 Å². The zero-order chi connectivity index (χ0) is 19.6. The highest BCUT2D eigenvalue weighted by molar-refractivity contribution is 5.43. The Labute approximate surface area is 164 Å². The van der Waals surface area contributed by atoms with Crippen molar-refractivity contribution in [2.24, 2.45) is 0 Å². The van der Waals surface area contributed by atoms with E-state index in [2.05, 4.69) is 23.4 Å². The molecule has 1 aliphatic heterocycles. The number of nitrogens with zero attached hydrogens (tertiary/aromatic N) is 2. The Kier molecular flexibility index (Phi) is 9.11. The average molecular weight is 377 g/mol. The zero-order valence-electron chi connectivity index (χ0n) is 17.2. The molecule has 0 radical (unpaired) electrons. The van der Waals surface area contributed by atoms with Crippen LogP contribution in [-0.2, 0) is 6.54 Å². The molecular weight excluding hydrogens is 340 g/mol. The molecule has 0 spiro atoms. The Balaban J connectivity index is 1.86. The van der Waals surface area contributed by atoms with Crippen LogP contribution in [0.15, 0.2) is 30.4 Å². The number of hydrogen-bond acceptors (Lipinski definition) is 5. The van der Waals surface area contributed by atoms with Crippen molar-refractivity contribution in [3.8, 4) is 11.5 Å². The number of aliphatic hydroxyl groups is 1. The summed E-state index contributed by atoms with van der Waals surface area (Å²) in [6.07, 6.45) is 4.56. The lowest BCUT2D eigenvalue weighted by Crippen LogP contribution is -2.36. The van der Waals surface area contributed by atoms with Gasteiger partial charge in [-0.25, -0.2) is 0 Å².